The number of rotatable bonds is 4. The number of anilines is 1. The Labute approximate surface area is 139 Å². The van der Waals surface area contributed by atoms with Crippen molar-refractivity contribution in [3.8, 4) is 0 Å². The molecular formula is C18H16ClNO3. The minimum Gasteiger partial charge on any atom is -0.478 e. The number of carbonyl (C=O) groups excluding carboxylic acids is 1. The summed E-state index contributed by atoms with van der Waals surface area (Å²) in [7, 11) is 0. The van der Waals surface area contributed by atoms with E-state index in [0.29, 0.717) is 10.6 Å². The number of amides is 1. The molecule has 0 heterocycles. The maximum atomic E-state index is 12.3. The molecule has 0 saturated heterocycles. The van der Waals surface area contributed by atoms with E-state index in [-0.39, 0.29) is 22.6 Å². The van der Waals surface area contributed by atoms with Gasteiger partial charge in [0.2, 0.25) is 0 Å². The lowest BCUT2D eigenvalue weighted by Gasteiger charge is -2.11. The van der Waals surface area contributed by atoms with Crippen LogP contribution in [0, 0.1) is 0 Å². The lowest BCUT2D eigenvalue weighted by Crippen LogP contribution is -2.15. The predicted octanol–water partition coefficient (Wildman–Crippen LogP) is 4.34. The second-order valence-electron chi connectivity index (χ2n) is 6.09. The Bertz CT molecular complexity index is 779. The van der Waals surface area contributed by atoms with E-state index in [0.717, 1.165) is 0 Å². The van der Waals surface area contributed by atoms with Gasteiger partial charge in [-0.05, 0) is 54.2 Å². The molecule has 1 amide bonds. The Morgan fingerprint density at radius 2 is 1.78 bits per heavy atom. The summed E-state index contributed by atoms with van der Waals surface area (Å²) in [6.45, 7) is 2.20. The lowest BCUT2D eigenvalue weighted by atomic mass is 9.97. The molecule has 0 atom stereocenters. The van der Waals surface area contributed by atoms with Gasteiger partial charge in [0.25, 0.3) is 5.91 Å². The molecule has 0 aromatic heterocycles. The summed E-state index contributed by atoms with van der Waals surface area (Å²) in [4.78, 5) is 23.5. The largest absolute Gasteiger partial charge is 0.478 e. The monoisotopic (exact) mass is 329 g/mol. The van der Waals surface area contributed by atoms with Crippen LogP contribution in [0.15, 0.2) is 42.5 Å². The van der Waals surface area contributed by atoms with Crippen LogP contribution in [0.3, 0.4) is 0 Å². The number of benzene rings is 2. The van der Waals surface area contributed by atoms with Gasteiger partial charge < -0.3 is 10.4 Å². The third-order valence-electron chi connectivity index (χ3n) is 4.30. The summed E-state index contributed by atoms with van der Waals surface area (Å²) in [5.74, 6) is -1.48. The predicted molar refractivity (Wildman–Crippen MR) is 89.4 cm³/mol. The molecule has 1 fully saturated rings. The molecular weight excluding hydrogens is 314 g/mol. The second kappa shape index (κ2) is 5.70. The molecule has 4 nitrogen and oxygen atoms in total. The van der Waals surface area contributed by atoms with Crippen molar-refractivity contribution in [1.29, 1.82) is 0 Å². The van der Waals surface area contributed by atoms with Gasteiger partial charge in [-0.15, -0.1) is 0 Å². The molecule has 23 heavy (non-hydrogen) atoms. The Morgan fingerprint density at radius 3 is 2.35 bits per heavy atom. The maximum absolute atomic E-state index is 12.3. The normalized spacial score (nSPS) is 15.0. The van der Waals surface area contributed by atoms with Crippen molar-refractivity contribution in [3.63, 3.8) is 0 Å². The van der Waals surface area contributed by atoms with Crippen LogP contribution in [0.1, 0.15) is 46.0 Å². The third kappa shape index (κ3) is 3.22. The SMILES string of the molecule is CC1(c2ccc(C(=O)Nc3cc(Cl)ccc3C(=O)O)cc2)CC1. The van der Waals surface area contributed by atoms with Crippen molar-refractivity contribution >= 4 is 29.2 Å². The van der Waals surface area contributed by atoms with Crippen molar-refractivity contribution in [2.45, 2.75) is 25.2 Å². The molecule has 0 unspecified atom stereocenters. The fourth-order valence-corrected chi connectivity index (χ4v) is 2.67. The van der Waals surface area contributed by atoms with Gasteiger partial charge in [-0.1, -0.05) is 30.7 Å². The van der Waals surface area contributed by atoms with E-state index in [1.54, 1.807) is 12.1 Å². The fourth-order valence-electron chi connectivity index (χ4n) is 2.50. The third-order valence-corrected chi connectivity index (χ3v) is 4.54. The highest BCUT2D eigenvalue weighted by Gasteiger charge is 2.38. The number of nitrogens with one attached hydrogen (secondary N) is 1. The summed E-state index contributed by atoms with van der Waals surface area (Å²) in [5.41, 5.74) is 2.15. The zero-order valence-corrected chi connectivity index (χ0v) is 13.4. The number of carboxylic acid groups (broad SMARTS) is 1. The van der Waals surface area contributed by atoms with Crippen LogP contribution in [-0.2, 0) is 5.41 Å². The average molecular weight is 330 g/mol. The smallest absolute Gasteiger partial charge is 0.337 e. The number of hydrogen-bond acceptors (Lipinski definition) is 2. The summed E-state index contributed by atoms with van der Waals surface area (Å²) < 4.78 is 0. The number of hydrogen-bond donors (Lipinski definition) is 2. The van der Waals surface area contributed by atoms with E-state index in [9.17, 15) is 14.7 Å². The molecule has 2 aromatic rings. The molecule has 118 valence electrons. The lowest BCUT2D eigenvalue weighted by molar-refractivity contribution is 0.0698. The minimum atomic E-state index is -1.12. The van der Waals surface area contributed by atoms with Crippen LogP contribution >= 0.6 is 11.6 Å². The van der Waals surface area contributed by atoms with Crippen LogP contribution in [0.4, 0.5) is 5.69 Å². The Hall–Kier alpha value is -2.33. The first-order chi connectivity index (χ1) is 10.9. The molecule has 3 rings (SSSR count). The molecule has 2 N–H and O–H groups in total. The Morgan fingerprint density at radius 1 is 1.13 bits per heavy atom. The summed E-state index contributed by atoms with van der Waals surface area (Å²) >= 11 is 5.88. The van der Waals surface area contributed by atoms with Crippen molar-refractivity contribution in [2.24, 2.45) is 0 Å². The van der Waals surface area contributed by atoms with Crippen LogP contribution in [0.2, 0.25) is 5.02 Å². The number of carbonyl (C=O) groups is 2. The van der Waals surface area contributed by atoms with Crippen LogP contribution in [-0.4, -0.2) is 17.0 Å². The summed E-state index contributed by atoms with van der Waals surface area (Å²) in [6, 6.07) is 11.7. The van der Waals surface area contributed by atoms with Gasteiger partial charge in [-0.25, -0.2) is 4.79 Å². The van der Waals surface area contributed by atoms with Crippen molar-refractivity contribution in [3.05, 3.63) is 64.2 Å². The molecule has 0 aliphatic heterocycles. The van der Waals surface area contributed by atoms with E-state index in [1.807, 2.05) is 12.1 Å². The van der Waals surface area contributed by atoms with E-state index < -0.39 is 5.97 Å². The van der Waals surface area contributed by atoms with Crippen molar-refractivity contribution < 1.29 is 14.7 Å². The first kappa shape index (κ1) is 15.6. The molecule has 5 heteroatoms. The Kier molecular flexibility index (Phi) is 3.86. The molecule has 2 aromatic carbocycles. The maximum Gasteiger partial charge on any atom is 0.337 e. The molecule has 0 radical (unpaired) electrons. The molecule has 0 bridgehead atoms. The first-order valence-electron chi connectivity index (χ1n) is 7.34. The quantitative estimate of drug-likeness (QED) is 0.876. The van der Waals surface area contributed by atoms with Crippen LogP contribution in [0.25, 0.3) is 0 Å². The van der Waals surface area contributed by atoms with Gasteiger partial charge in [-0.2, -0.15) is 0 Å². The first-order valence-corrected chi connectivity index (χ1v) is 7.72. The number of aromatic carboxylic acids is 1. The zero-order chi connectivity index (χ0) is 16.6. The van der Waals surface area contributed by atoms with E-state index >= 15 is 0 Å². The topological polar surface area (TPSA) is 66.4 Å². The van der Waals surface area contributed by atoms with E-state index in [4.69, 9.17) is 11.6 Å². The highest BCUT2D eigenvalue weighted by Crippen LogP contribution is 2.47. The van der Waals surface area contributed by atoms with Gasteiger partial charge in [0.15, 0.2) is 0 Å². The zero-order valence-electron chi connectivity index (χ0n) is 12.6. The molecule has 1 aliphatic rings. The Balaban J connectivity index is 1.82. The highest BCUT2D eigenvalue weighted by atomic mass is 35.5. The molecule has 0 spiro atoms. The van der Waals surface area contributed by atoms with Crippen LogP contribution < -0.4 is 5.32 Å². The van der Waals surface area contributed by atoms with E-state index in [2.05, 4.69) is 12.2 Å². The minimum absolute atomic E-state index is 0.00450. The van der Waals surface area contributed by atoms with Gasteiger partial charge in [-0.3, -0.25) is 4.79 Å². The van der Waals surface area contributed by atoms with E-state index in [1.165, 1.54) is 36.6 Å². The summed E-state index contributed by atoms with van der Waals surface area (Å²) in [5, 5.41) is 12.2. The molecule has 1 aliphatic carbocycles. The van der Waals surface area contributed by atoms with Gasteiger partial charge in [0, 0.05) is 10.6 Å². The molecule has 1 saturated carbocycles. The van der Waals surface area contributed by atoms with Crippen LogP contribution in [0.5, 0.6) is 0 Å². The second-order valence-corrected chi connectivity index (χ2v) is 6.52. The fraction of sp³-hybridized carbons (Fsp3) is 0.222. The van der Waals surface area contributed by atoms with Gasteiger partial charge in [0.05, 0.1) is 11.3 Å². The number of carboxylic acids is 1. The van der Waals surface area contributed by atoms with Crippen molar-refractivity contribution in [2.75, 3.05) is 5.32 Å². The van der Waals surface area contributed by atoms with Gasteiger partial charge >= 0.3 is 5.97 Å². The van der Waals surface area contributed by atoms with Gasteiger partial charge in [0.1, 0.15) is 0 Å². The number of halogens is 1. The average Bonchev–Trinajstić information content (AvgIpc) is 3.26. The highest BCUT2D eigenvalue weighted by molar-refractivity contribution is 6.31. The van der Waals surface area contributed by atoms with Crippen molar-refractivity contribution in [1.82, 2.24) is 0 Å². The standard InChI is InChI=1S/C18H16ClNO3/c1-18(8-9-18)12-4-2-11(3-5-12)16(21)20-15-10-13(19)6-7-14(15)17(22)23/h2-7,10H,8-9H2,1H3,(H,20,21)(H,22,23). The summed E-state index contributed by atoms with van der Waals surface area (Å²) in [6.07, 6.45) is 2.34.